The van der Waals surface area contributed by atoms with E-state index in [4.69, 9.17) is 16.7 Å². The van der Waals surface area contributed by atoms with E-state index in [0.717, 1.165) is 9.64 Å². The molecule has 0 aliphatic heterocycles. The molecule has 98 valence electrons. The third-order valence-electron chi connectivity index (χ3n) is 2.38. The molecule has 0 radical (unpaired) electrons. The first-order chi connectivity index (χ1) is 8.97. The summed E-state index contributed by atoms with van der Waals surface area (Å²) in [5.74, 6) is -1.59. The highest BCUT2D eigenvalue weighted by Gasteiger charge is 2.13. The summed E-state index contributed by atoms with van der Waals surface area (Å²) >= 11 is 7.83. The monoisotopic (exact) mass is 391 g/mol. The van der Waals surface area contributed by atoms with Crippen LogP contribution in [0.15, 0.2) is 36.4 Å². The topological polar surface area (TPSA) is 49.3 Å². The van der Waals surface area contributed by atoms with Gasteiger partial charge in [-0.15, -0.1) is 0 Å². The van der Waals surface area contributed by atoms with Crippen molar-refractivity contribution in [3.8, 4) is 5.75 Å². The molecule has 1 amide bonds. The lowest BCUT2D eigenvalue weighted by Crippen LogP contribution is -2.14. The highest BCUT2D eigenvalue weighted by atomic mass is 127. The molecule has 0 bridgehead atoms. The molecule has 19 heavy (non-hydrogen) atoms. The van der Waals surface area contributed by atoms with Crippen molar-refractivity contribution in [2.45, 2.75) is 0 Å². The largest absolute Gasteiger partial charge is 0.508 e. The van der Waals surface area contributed by atoms with E-state index in [2.05, 4.69) is 5.32 Å². The second-order valence-corrected chi connectivity index (χ2v) is 5.34. The number of aromatic hydroxyl groups is 1. The van der Waals surface area contributed by atoms with Gasteiger partial charge in [-0.3, -0.25) is 4.79 Å². The summed E-state index contributed by atoms with van der Waals surface area (Å²) in [5, 5.41) is 12.2. The van der Waals surface area contributed by atoms with Gasteiger partial charge in [0.25, 0.3) is 5.91 Å². The van der Waals surface area contributed by atoms with E-state index in [0.29, 0.717) is 10.7 Å². The number of hydrogen-bond donors (Lipinski definition) is 2. The molecule has 0 heterocycles. The molecular formula is C13H8ClFINO2. The number of nitrogens with one attached hydrogen (secondary N) is 1. The Hall–Kier alpha value is -1.34. The van der Waals surface area contributed by atoms with Crippen LogP contribution in [0.2, 0.25) is 5.02 Å². The van der Waals surface area contributed by atoms with Crippen LogP contribution in [-0.2, 0) is 0 Å². The van der Waals surface area contributed by atoms with Crippen molar-refractivity contribution in [2.75, 3.05) is 5.32 Å². The molecule has 0 unspecified atom stereocenters. The molecule has 0 saturated heterocycles. The Balaban J connectivity index is 2.25. The molecule has 2 rings (SSSR count). The van der Waals surface area contributed by atoms with Crippen molar-refractivity contribution >= 4 is 45.8 Å². The van der Waals surface area contributed by atoms with Crippen LogP contribution in [0.1, 0.15) is 10.4 Å². The number of halogens is 3. The predicted molar refractivity (Wildman–Crippen MR) is 80.2 cm³/mol. The molecule has 3 nitrogen and oxygen atoms in total. The molecule has 0 aliphatic rings. The van der Waals surface area contributed by atoms with Crippen LogP contribution in [0.3, 0.4) is 0 Å². The lowest BCUT2D eigenvalue weighted by molar-refractivity contribution is 0.102. The minimum atomic E-state index is -0.776. The molecule has 2 N–H and O–H groups in total. The first kappa shape index (κ1) is 14.1. The van der Waals surface area contributed by atoms with Gasteiger partial charge in [-0.05, 0) is 52.9 Å². The molecule has 0 saturated carbocycles. The van der Waals surface area contributed by atoms with Crippen LogP contribution in [0.4, 0.5) is 10.1 Å². The standard InChI is InChI=1S/C13H8ClFINO2/c14-7-1-4-12(11(16)5-7)17-13(19)9-3-2-8(18)6-10(9)15/h1-6,18H,(H,17,19). The quantitative estimate of drug-likeness (QED) is 0.759. The van der Waals surface area contributed by atoms with Crippen LogP contribution in [-0.4, -0.2) is 11.0 Å². The Labute approximate surface area is 127 Å². The Morgan fingerprint density at radius 3 is 2.63 bits per heavy atom. The average Bonchev–Trinajstić information content (AvgIpc) is 2.32. The van der Waals surface area contributed by atoms with E-state index < -0.39 is 11.7 Å². The minimum absolute atomic E-state index is 0.136. The smallest absolute Gasteiger partial charge is 0.258 e. The molecule has 0 fully saturated rings. The van der Waals surface area contributed by atoms with Crippen LogP contribution in [0, 0.1) is 9.39 Å². The van der Waals surface area contributed by atoms with Gasteiger partial charge >= 0.3 is 0 Å². The summed E-state index contributed by atoms with van der Waals surface area (Å²) in [6.07, 6.45) is 0. The Morgan fingerprint density at radius 2 is 2.00 bits per heavy atom. The zero-order valence-corrected chi connectivity index (χ0v) is 12.4. The maximum atomic E-state index is 13.5. The summed E-state index contributed by atoms with van der Waals surface area (Å²) in [7, 11) is 0. The number of anilines is 1. The highest BCUT2D eigenvalue weighted by Crippen LogP contribution is 2.23. The number of phenolic OH excluding ortho intramolecular Hbond substituents is 1. The van der Waals surface area contributed by atoms with Crippen LogP contribution in [0.5, 0.6) is 5.75 Å². The van der Waals surface area contributed by atoms with Crippen LogP contribution >= 0.6 is 34.2 Å². The minimum Gasteiger partial charge on any atom is -0.508 e. The van der Waals surface area contributed by atoms with Gasteiger partial charge in [0.2, 0.25) is 0 Å². The third-order valence-corrected chi connectivity index (χ3v) is 3.50. The molecule has 0 atom stereocenters. The molecule has 2 aromatic carbocycles. The van der Waals surface area contributed by atoms with E-state index in [-0.39, 0.29) is 11.3 Å². The number of hydrogen-bond acceptors (Lipinski definition) is 2. The van der Waals surface area contributed by atoms with Gasteiger partial charge in [0, 0.05) is 14.7 Å². The lowest BCUT2D eigenvalue weighted by Gasteiger charge is -2.08. The molecule has 2 aromatic rings. The maximum absolute atomic E-state index is 13.5. The summed E-state index contributed by atoms with van der Waals surface area (Å²) in [6.45, 7) is 0. The Bertz CT molecular complexity index is 649. The normalized spacial score (nSPS) is 10.3. The summed E-state index contributed by atoms with van der Waals surface area (Å²) < 4.78 is 14.3. The molecule has 6 heteroatoms. The first-order valence-corrected chi connectivity index (χ1v) is 6.68. The van der Waals surface area contributed by atoms with Gasteiger partial charge in [-0.1, -0.05) is 11.6 Å². The van der Waals surface area contributed by atoms with Crippen molar-refractivity contribution in [1.29, 1.82) is 0 Å². The van der Waals surface area contributed by atoms with Gasteiger partial charge < -0.3 is 10.4 Å². The number of carbonyl (C=O) groups excluding carboxylic acids is 1. The van der Waals surface area contributed by atoms with Crippen molar-refractivity contribution in [3.63, 3.8) is 0 Å². The van der Waals surface area contributed by atoms with Gasteiger partial charge in [-0.25, -0.2) is 4.39 Å². The van der Waals surface area contributed by atoms with E-state index in [1.165, 1.54) is 12.1 Å². The molecule has 0 spiro atoms. The zero-order chi connectivity index (χ0) is 14.0. The van der Waals surface area contributed by atoms with Crippen molar-refractivity contribution in [3.05, 3.63) is 56.4 Å². The van der Waals surface area contributed by atoms with Gasteiger partial charge in [0.15, 0.2) is 0 Å². The van der Waals surface area contributed by atoms with E-state index in [1.807, 2.05) is 22.6 Å². The van der Waals surface area contributed by atoms with Crippen molar-refractivity contribution in [2.24, 2.45) is 0 Å². The summed E-state index contributed by atoms with van der Waals surface area (Å²) in [4.78, 5) is 11.9. The molecule has 0 aliphatic carbocycles. The van der Waals surface area contributed by atoms with E-state index >= 15 is 0 Å². The van der Waals surface area contributed by atoms with Crippen LogP contribution < -0.4 is 5.32 Å². The second-order valence-electron chi connectivity index (χ2n) is 3.74. The molecular weight excluding hydrogens is 384 g/mol. The maximum Gasteiger partial charge on any atom is 0.258 e. The average molecular weight is 392 g/mol. The number of amides is 1. The fraction of sp³-hybridized carbons (Fsp3) is 0. The first-order valence-electron chi connectivity index (χ1n) is 5.22. The van der Waals surface area contributed by atoms with Gasteiger partial charge in [0.1, 0.15) is 11.6 Å². The highest BCUT2D eigenvalue weighted by molar-refractivity contribution is 14.1. The van der Waals surface area contributed by atoms with Crippen LogP contribution in [0.25, 0.3) is 0 Å². The molecule has 0 aromatic heterocycles. The predicted octanol–water partition coefficient (Wildman–Crippen LogP) is 4.04. The number of carbonyl (C=O) groups is 1. The van der Waals surface area contributed by atoms with Gasteiger partial charge in [-0.2, -0.15) is 0 Å². The van der Waals surface area contributed by atoms with Crippen molar-refractivity contribution in [1.82, 2.24) is 0 Å². The van der Waals surface area contributed by atoms with Gasteiger partial charge in [0.05, 0.1) is 11.3 Å². The number of benzene rings is 2. The van der Waals surface area contributed by atoms with E-state index in [9.17, 15) is 9.18 Å². The van der Waals surface area contributed by atoms with E-state index in [1.54, 1.807) is 18.2 Å². The second kappa shape index (κ2) is 5.75. The lowest BCUT2D eigenvalue weighted by atomic mass is 10.2. The fourth-order valence-corrected chi connectivity index (χ4v) is 2.47. The summed E-state index contributed by atoms with van der Waals surface area (Å²) in [5.41, 5.74) is 0.408. The third kappa shape index (κ3) is 3.36. The summed E-state index contributed by atoms with van der Waals surface area (Å²) in [6, 6.07) is 8.33. The SMILES string of the molecule is O=C(Nc1ccc(Cl)cc1I)c1ccc(O)cc1F. The Morgan fingerprint density at radius 1 is 1.26 bits per heavy atom. The fourth-order valence-electron chi connectivity index (χ4n) is 1.47. The number of phenols is 1. The number of rotatable bonds is 2. The zero-order valence-electron chi connectivity index (χ0n) is 9.45. The van der Waals surface area contributed by atoms with Crippen molar-refractivity contribution < 1.29 is 14.3 Å². The Kier molecular flexibility index (Phi) is 4.26.